The molecule has 0 aliphatic heterocycles. The first kappa shape index (κ1) is 9.87. The Morgan fingerprint density at radius 3 is 2.90 bits per heavy atom. The molecule has 0 saturated carbocycles. The molecule has 58 valence electrons. The zero-order valence-electron chi connectivity index (χ0n) is 6.47. The van der Waals surface area contributed by atoms with Crippen LogP contribution in [0.3, 0.4) is 0 Å². The molecular weight excluding hydrogens is 142 g/mol. The summed E-state index contributed by atoms with van der Waals surface area (Å²) >= 11 is 1.89. The fraction of sp³-hybridized carbons (Fsp3) is 0.750. The minimum Gasteiger partial charge on any atom is -0.330 e. The summed E-state index contributed by atoms with van der Waals surface area (Å²) in [6, 6.07) is 0. The quantitative estimate of drug-likeness (QED) is 0.481. The van der Waals surface area contributed by atoms with Crippen LogP contribution in [0.15, 0.2) is 0 Å². The topological polar surface area (TPSA) is 26.0 Å². The molecule has 0 spiro atoms. The number of thioether (sulfide) groups is 1. The number of hydrogen-bond acceptors (Lipinski definition) is 2. The number of hydrogen-bond donors (Lipinski definition) is 1. The Morgan fingerprint density at radius 2 is 2.40 bits per heavy atom. The van der Waals surface area contributed by atoms with Crippen molar-refractivity contribution in [1.29, 1.82) is 0 Å². The van der Waals surface area contributed by atoms with Crippen LogP contribution in [0, 0.1) is 18.3 Å². The molecule has 0 bridgehead atoms. The molecule has 0 radical (unpaired) electrons. The molecule has 1 unspecified atom stereocenters. The van der Waals surface area contributed by atoms with E-state index in [1.807, 2.05) is 11.8 Å². The van der Waals surface area contributed by atoms with Crippen molar-refractivity contribution in [2.24, 2.45) is 11.7 Å². The first-order valence-electron chi connectivity index (χ1n) is 3.52. The Hall–Kier alpha value is -0.130. The molecule has 2 heteroatoms. The third-order valence-electron chi connectivity index (χ3n) is 1.20. The predicted octanol–water partition coefficient (Wildman–Crippen LogP) is 1.34. The summed E-state index contributed by atoms with van der Waals surface area (Å²) in [6.07, 6.45) is 5.97. The standard InChI is InChI=1S/C8H15NS/c1-3-4-5-10-7-8(2)6-9/h1,8H,4-7,9H2,2H3. The molecule has 0 amide bonds. The normalized spacial score (nSPS) is 12.5. The van der Waals surface area contributed by atoms with Crippen molar-refractivity contribution in [3.63, 3.8) is 0 Å². The number of nitrogens with two attached hydrogens (primary N) is 1. The van der Waals surface area contributed by atoms with Gasteiger partial charge in [-0.25, -0.2) is 0 Å². The highest BCUT2D eigenvalue weighted by molar-refractivity contribution is 7.99. The maximum Gasteiger partial charge on any atom is 0.0177 e. The second-order valence-electron chi connectivity index (χ2n) is 2.37. The molecule has 0 heterocycles. The van der Waals surface area contributed by atoms with Crippen LogP contribution in [0.1, 0.15) is 13.3 Å². The van der Waals surface area contributed by atoms with Crippen LogP contribution in [0.4, 0.5) is 0 Å². The van der Waals surface area contributed by atoms with Gasteiger partial charge in [0.25, 0.3) is 0 Å². The molecule has 2 N–H and O–H groups in total. The van der Waals surface area contributed by atoms with E-state index in [0.29, 0.717) is 5.92 Å². The zero-order valence-corrected chi connectivity index (χ0v) is 7.29. The average Bonchev–Trinajstić information content (AvgIpc) is 1.98. The molecule has 0 aliphatic rings. The highest BCUT2D eigenvalue weighted by Gasteiger charge is 1.96. The lowest BCUT2D eigenvalue weighted by Crippen LogP contribution is -2.12. The molecule has 10 heavy (non-hydrogen) atoms. The van der Waals surface area contributed by atoms with Crippen LogP contribution in [-0.4, -0.2) is 18.1 Å². The second kappa shape index (κ2) is 6.98. The van der Waals surface area contributed by atoms with Gasteiger partial charge in [-0.15, -0.1) is 12.3 Å². The summed E-state index contributed by atoms with van der Waals surface area (Å²) in [6.45, 7) is 2.94. The van der Waals surface area contributed by atoms with E-state index in [0.717, 1.165) is 24.5 Å². The average molecular weight is 157 g/mol. The van der Waals surface area contributed by atoms with E-state index >= 15 is 0 Å². The van der Waals surface area contributed by atoms with Gasteiger partial charge in [-0.05, 0) is 18.2 Å². The van der Waals surface area contributed by atoms with Crippen LogP contribution >= 0.6 is 11.8 Å². The Balaban J connectivity index is 2.98. The molecule has 0 aromatic carbocycles. The molecule has 0 aromatic heterocycles. The van der Waals surface area contributed by atoms with Gasteiger partial charge in [0.15, 0.2) is 0 Å². The van der Waals surface area contributed by atoms with Crippen LogP contribution in [-0.2, 0) is 0 Å². The minimum atomic E-state index is 0.628. The zero-order chi connectivity index (χ0) is 7.82. The van der Waals surface area contributed by atoms with E-state index < -0.39 is 0 Å². The van der Waals surface area contributed by atoms with Crippen molar-refractivity contribution in [2.75, 3.05) is 18.1 Å². The summed E-state index contributed by atoms with van der Waals surface area (Å²) in [5, 5.41) is 0. The summed E-state index contributed by atoms with van der Waals surface area (Å²) in [5.74, 6) is 5.44. The summed E-state index contributed by atoms with van der Waals surface area (Å²) in [4.78, 5) is 0. The molecule has 0 aliphatic carbocycles. The first-order chi connectivity index (χ1) is 4.81. The fourth-order valence-corrected chi connectivity index (χ4v) is 1.45. The maximum atomic E-state index is 5.43. The van der Waals surface area contributed by atoms with Crippen molar-refractivity contribution in [3.8, 4) is 12.3 Å². The molecule has 0 aromatic rings. The molecule has 0 fully saturated rings. The largest absolute Gasteiger partial charge is 0.330 e. The highest BCUT2D eigenvalue weighted by Crippen LogP contribution is 2.07. The highest BCUT2D eigenvalue weighted by atomic mass is 32.2. The van der Waals surface area contributed by atoms with Gasteiger partial charge in [0.1, 0.15) is 0 Å². The van der Waals surface area contributed by atoms with Gasteiger partial charge in [0.05, 0.1) is 0 Å². The molecule has 0 saturated heterocycles. The van der Waals surface area contributed by atoms with Crippen LogP contribution in [0.25, 0.3) is 0 Å². The molecule has 0 rings (SSSR count). The van der Waals surface area contributed by atoms with Crippen molar-refractivity contribution >= 4 is 11.8 Å². The molecule has 1 atom stereocenters. The third-order valence-corrected chi connectivity index (χ3v) is 2.49. The Bertz CT molecular complexity index is 106. The molecule has 1 nitrogen and oxygen atoms in total. The van der Waals surface area contributed by atoms with Gasteiger partial charge in [-0.2, -0.15) is 11.8 Å². The van der Waals surface area contributed by atoms with Gasteiger partial charge in [0.2, 0.25) is 0 Å². The Morgan fingerprint density at radius 1 is 1.70 bits per heavy atom. The van der Waals surface area contributed by atoms with Crippen molar-refractivity contribution < 1.29 is 0 Å². The maximum absolute atomic E-state index is 5.43. The van der Waals surface area contributed by atoms with Gasteiger partial charge in [-0.3, -0.25) is 0 Å². The van der Waals surface area contributed by atoms with Gasteiger partial charge < -0.3 is 5.73 Å². The fourth-order valence-electron chi connectivity index (χ4n) is 0.484. The van der Waals surface area contributed by atoms with E-state index in [-0.39, 0.29) is 0 Å². The van der Waals surface area contributed by atoms with Gasteiger partial charge in [-0.1, -0.05) is 6.92 Å². The summed E-state index contributed by atoms with van der Waals surface area (Å²) < 4.78 is 0. The lowest BCUT2D eigenvalue weighted by molar-refractivity contribution is 0.675. The van der Waals surface area contributed by atoms with Crippen LogP contribution in [0.5, 0.6) is 0 Å². The minimum absolute atomic E-state index is 0.628. The lowest BCUT2D eigenvalue weighted by Gasteiger charge is -2.05. The van der Waals surface area contributed by atoms with Gasteiger partial charge >= 0.3 is 0 Å². The lowest BCUT2D eigenvalue weighted by atomic mass is 10.2. The second-order valence-corrected chi connectivity index (χ2v) is 3.52. The number of rotatable bonds is 5. The number of terminal acetylenes is 1. The Labute approximate surface area is 67.8 Å². The van der Waals surface area contributed by atoms with Crippen molar-refractivity contribution in [3.05, 3.63) is 0 Å². The summed E-state index contributed by atoms with van der Waals surface area (Å²) in [7, 11) is 0. The summed E-state index contributed by atoms with van der Waals surface area (Å²) in [5.41, 5.74) is 5.43. The van der Waals surface area contributed by atoms with E-state index in [1.165, 1.54) is 0 Å². The van der Waals surface area contributed by atoms with Crippen LogP contribution in [0.2, 0.25) is 0 Å². The van der Waals surface area contributed by atoms with Crippen molar-refractivity contribution in [1.82, 2.24) is 0 Å². The predicted molar refractivity (Wildman–Crippen MR) is 49.0 cm³/mol. The van der Waals surface area contributed by atoms with Gasteiger partial charge in [0, 0.05) is 12.2 Å². The first-order valence-corrected chi connectivity index (χ1v) is 4.68. The van der Waals surface area contributed by atoms with E-state index in [9.17, 15) is 0 Å². The smallest absolute Gasteiger partial charge is 0.0177 e. The van der Waals surface area contributed by atoms with Crippen molar-refractivity contribution in [2.45, 2.75) is 13.3 Å². The van der Waals surface area contributed by atoms with Crippen LogP contribution < -0.4 is 5.73 Å². The molecular formula is C8H15NS. The monoisotopic (exact) mass is 157 g/mol. The van der Waals surface area contributed by atoms with E-state index in [4.69, 9.17) is 12.2 Å². The SMILES string of the molecule is C#CCCSCC(C)CN. The van der Waals surface area contributed by atoms with E-state index in [1.54, 1.807) is 0 Å². The van der Waals surface area contributed by atoms with E-state index in [2.05, 4.69) is 12.8 Å². The Kier molecular flexibility index (Phi) is 6.89. The third kappa shape index (κ3) is 6.00.